The number of benzene rings is 1. The Morgan fingerprint density at radius 3 is 2.85 bits per heavy atom. The lowest BCUT2D eigenvalue weighted by Crippen LogP contribution is -2.61. The number of hydrogen-bond donors (Lipinski definition) is 0. The molecule has 0 saturated carbocycles. The van der Waals surface area contributed by atoms with Crippen molar-refractivity contribution in [1.82, 2.24) is 9.80 Å². The monoisotopic (exact) mass is 292 g/mol. The van der Waals surface area contributed by atoms with Crippen LogP contribution in [0.5, 0.6) is 0 Å². The first-order valence-corrected chi connectivity index (χ1v) is 7.31. The van der Waals surface area contributed by atoms with Crippen LogP contribution in [-0.2, 0) is 16.1 Å². The largest absolute Gasteiger partial charge is 0.329 e. The van der Waals surface area contributed by atoms with Gasteiger partial charge in [-0.3, -0.25) is 9.59 Å². The minimum Gasteiger partial charge on any atom is -0.329 e. The molecular weight excluding hydrogens is 276 g/mol. The van der Waals surface area contributed by atoms with Crippen molar-refractivity contribution in [3.63, 3.8) is 0 Å². The normalized spacial score (nSPS) is 26.1. The van der Waals surface area contributed by atoms with Crippen molar-refractivity contribution in [2.24, 2.45) is 0 Å². The van der Waals surface area contributed by atoms with Crippen molar-refractivity contribution in [2.75, 3.05) is 6.54 Å². The summed E-state index contributed by atoms with van der Waals surface area (Å²) in [6, 6.07) is 6.79. The minimum absolute atomic E-state index is 0.0640. The van der Waals surface area contributed by atoms with Crippen LogP contribution in [0.4, 0.5) is 0 Å². The molecule has 2 saturated heterocycles. The molecular formula is C15H17ClN2O2. The van der Waals surface area contributed by atoms with Gasteiger partial charge in [-0.1, -0.05) is 23.7 Å². The van der Waals surface area contributed by atoms with E-state index in [0.29, 0.717) is 18.1 Å². The van der Waals surface area contributed by atoms with E-state index in [1.54, 1.807) is 22.8 Å². The Hall–Kier alpha value is -1.55. The molecule has 0 aliphatic carbocycles. The van der Waals surface area contributed by atoms with E-state index in [2.05, 4.69) is 0 Å². The molecule has 1 aromatic carbocycles. The van der Waals surface area contributed by atoms with Gasteiger partial charge in [0.2, 0.25) is 11.8 Å². The summed E-state index contributed by atoms with van der Waals surface area (Å²) in [5.41, 5.74) is 0.956. The molecule has 3 rings (SSSR count). The summed E-state index contributed by atoms with van der Waals surface area (Å²) in [6.07, 6.45) is 1.70. The van der Waals surface area contributed by atoms with Crippen molar-refractivity contribution < 1.29 is 9.59 Å². The maximum Gasteiger partial charge on any atom is 0.246 e. The van der Waals surface area contributed by atoms with Crippen molar-refractivity contribution in [2.45, 2.75) is 38.4 Å². The SMILES string of the molecule is C[C@H]1C(=O)N2CCC[C@@H]2C(=O)N1Cc1cccc(Cl)c1. The van der Waals surface area contributed by atoms with E-state index in [4.69, 9.17) is 11.6 Å². The number of amides is 2. The zero-order chi connectivity index (χ0) is 14.3. The molecule has 0 spiro atoms. The second-order valence-electron chi connectivity index (χ2n) is 5.46. The van der Waals surface area contributed by atoms with Crippen molar-refractivity contribution in [3.8, 4) is 0 Å². The average Bonchev–Trinajstić information content (AvgIpc) is 2.91. The van der Waals surface area contributed by atoms with Gasteiger partial charge in [-0.2, -0.15) is 0 Å². The Balaban J connectivity index is 1.84. The maximum atomic E-state index is 12.6. The van der Waals surface area contributed by atoms with E-state index in [1.807, 2.05) is 18.2 Å². The van der Waals surface area contributed by atoms with Gasteiger partial charge in [0.1, 0.15) is 12.1 Å². The van der Waals surface area contributed by atoms with E-state index in [0.717, 1.165) is 18.4 Å². The minimum atomic E-state index is -0.393. The number of piperazine rings is 1. The Bertz CT molecular complexity index is 561. The smallest absolute Gasteiger partial charge is 0.246 e. The third-order valence-corrected chi connectivity index (χ3v) is 4.41. The molecule has 20 heavy (non-hydrogen) atoms. The lowest BCUT2D eigenvalue weighted by Gasteiger charge is -2.41. The Kier molecular flexibility index (Phi) is 3.42. The van der Waals surface area contributed by atoms with Gasteiger partial charge in [-0.25, -0.2) is 0 Å². The summed E-state index contributed by atoms with van der Waals surface area (Å²) in [4.78, 5) is 28.3. The third kappa shape index (κ3) is 2.18. The number of nitrogens with zero attached hydrogens (tertiary/aromatic N) is 2. The van der Waals surface area contributed by atoms with Crippen LogP contribution < -0.4 is 0 Å². The average molecular weight is 293 g/mol. The molecule has 0 bridgehead atoms. The van der Waals surface area contributed by atoms with Gasteiger partial charge in [0.15, 0.2) is 0 Å². The van der Waals surface area contributed by atoms with E-state index in [1.165, 1.54) is 0 Å². The van der Waals surface area contributed by atoms with Crippen LogP contribution in [0.2, 0.25) is 5.02 Å². The van der Waals surface area contributed by atoms with E-state index >= 15 is 0 Å². The maximum absolute atomic E-state index is 12.6. The number of halogens is 1. The topological polar surface area (TPSA) is 40.6 Å². The highest BCUT2D eigenvalue weighted by Crippen LogP contribution is 2.28. The predicted molar refractivity (Wildman–Crippen MR) is 76.2 cm³/mol. The van der Waals surface area contributed by atoms with Gasteiger partial charge in [0, 0.05) is 18.1 Å². The van der Waals surface area contributed by atoms with Crippen LogP contribution in [0.15, 0.2) is 24.3 Å². The van der Waals surface area contributed by atoms with Gasteiger partial charge < -0.3 is 9.80 Å². The molecule has 0 aromatic heterocycles. The first-order valence-electron chi connectivity index (χ1n) is 6.93. The van der Waals surface area contributed by atoms with Gasteiger partial charge in [0.05, 0.1) is 0 Å². The Morgan fingerprint density at radius 1 is 1.30 bits per heavy atom. The van der Waals surface area contributed by atoms with Crippen molar-refractivity contribution in [3.05, 3.63) is 34.9 Å². The van der Waals surface area contributed by atoms with Gasteiger partial charge >= 0.3 is 0 Å². The molecule has 2 atom stereocenters. The van der Waals surface area contributed by atoms with Crippen molar-refractivity contribution in [1.29, 1.82) is 0 Å². The summed E-state index contributed by atoms with van der Waals surface area (Å²) >= 11 is 5.97. The van der Waals surface area contributed by atoms with Crippen LogP contribution in [-0.4, -0.2) is 40.2 Å². The lowest BCUT2D eigenvalue weighted by atomic mass is 10.0. The second-order valence-corrected chi connectivity index (χ2v) is 5.90. The molecule has 5 heteroatoms. The van der Waals surface area contributed by atoms with Gasteiger partial charge in [-0.05, 0) is 37.5 Å². The van der Waals surface area contributed by atoms with Crippen LogP contribution in [0.3, 0.4) is 0 Å². The lowest BCUT2D eigenvalue weighted by molar-refractivity contribution is -0.159. The fraction of sp³-hybridized carbons (Fsp3) is 0.467. The summed E-state index contributed by atoms with van der Waals surface area (Å²) in [5.74, 6) is 0.128. The molecule has 0 unspecified atom stereocenters. The molecule has 0 N–H and O–H groups in total. The molecule has 0 radical (unpaired) electrons. The van der Waals surface area contributed by atoms with Gasteiger partial charge in [-0.15, -0.1) is 0 Å². The molecule has 2 amide bonds. The van der Waals surface area contributed by atoms with E-state index in [-0.39, 0.29) is 17.9 Å². The molecule has 2 fully saturated rings. The Morgan fingerprint density at radius 2 is 2.10 bits per heavy atom. The standard InChI is InChI=1S/C15H17ClN2O2/c1-10-14(19)17-7-3-6-13(17)15(20)18(10)9-11-4-2-5-12(16)8-11/h2,4-5,8,10,13H,3,6-7,9H2,1H3/t10-,13+/m0/s1. The molecule has 2 aliphatic heterocycles. The van der Waals surface area contributed by atoms with Gasteiger partial charge in [0.25, 0.3) is 0 Å². The summed E-state index contributed by atoms with van der Waals surface area (Å²) < 4.78 is 0. The first kappa shape index (κ1) is 13.4. The summed E-state index contributed by atoms with van der Waals surface area (Å²) in [6.45, 7) is 2.96. The predicted octanol–water partition coefficient (Wildman–Crippen LogP) is 2.06. The zero-order valence-corrected chi connectivity index (χ0v) is 12.1. The van der Waals surface area contributed by atoms with Crippen molar-refractivity contribution >= 4 is 23.4 Å². The molecule has 2 heterocycles. The highest BCUT2D eigenvalue weighted by molar-refractivity contribution is 6.30. The molecule has 4 nitrogen and oxygen atoms in total. The molecule has 1 aromatic rings. The van der Waals surface area contributed by atoms with Crippen LogP contribution in [0, 0.1) is 0 Å². The third-order valence-electron chi connectivity index (χ3n) is 4.17. The number of hydrogen-bond acceptors (Lipinski definition) is 2. The number of carbonyl (C=O) groups is 2. The quantitative estimate of drug-likeness (QED) is 0.837. The summed E-state index contributed by atoms with van der Waals surface area (Å²) in [7, 11) is 0. The first-order chi connectivity index (χ1) is 9.58. The Labute approximate surface area is 123 Å². The number of carbonyl (C=O) groups excluding carboxylic acids is 2. The molecule has 2 aliphatic rings. The summed E-state index contributed by atoms with van der Waals surface area (Å²) in [5, 5.41) is 0.647. The van der Waals surface area contributed by atoms with Crippen LogP contribution in [0.25, 0.3) is 0 Å². The highest BCUT2D eigenvalue weighted by Gasteiger charge is 2.45. The van der Waals surface area contributed by atoms with E-state index < -0.39 is 6.04 Å². The molecule has 106 valence electrons. The number of rotatable bonds is 2. The number of fused-ring (bicyclic) bond motifs is 1. The fourth-order valence-corrected chi connectivity index (χ4v) is 3.30. The van der Waals surface area contributed by atoms with Crippen LogP contribution >= 0.6 is 11.6 Å². The zero-order valence-electron chi connectivity index (χ0n) is 11.4. The highest BCUT2D eigenvalue weighted by atomic mass is 35.5. The second kappa shape index (κ2) is 5.09. The van der Waals surface area contributed by atoms with Crippen LogP contribution in [0.1, 0.15) is 25.3 Å². The van der Waals surface area contributed by atoms with E-state index in [9.17, 15) is 9.59 Å². The fourth-order valence-electron chi connectivity index (χ4n) is 3.09.